The van der Waals surface area contributed by atoms with Crippen molar-refractivity contribution in [3.05, 3.63) is 29.0 Å². The molecule has 2 heterocycles. The van der Waals surface area contributed by atoms with E-state index in [1.807, 2.05) is 0 Å². The lowest BCUT2D eigenvalue weighted by atomic mass is 10.2. The van der Waals surface area contributed by atoms with E-state index >= 15 is 0 Å². The van der Waals surface area contributed by atoms with E-state index in [0.29, 0.717) is 16.2 Å². The van der Waals surface area contributed by atoms with E-state index in [0.717, 1.165) is 25.1 Å². The summed E-state index contributed by atoms with van der Waals surface area (Å²) in [4.78, 5) is 14.5. The van der Waals surface area contributed by atoms with Crippen molar-refractivity contribution in [1.82, 2.24) is 10.00 Å². The Balaban J connectivity index is 1.66. The molecule has 158 valence electrons. The predicted octanol–water partition coefficient (Wildman–Crippen LogP) is 0.367. The van der Waals surface area contributed by atoms with Crippen molar-refractivity contribution in [3.8, 4) is 0 Å². The standard InChI is InChI=1S/C19H28N5O5/c1-13(2)29-18(25)6-8-20-19-21-24(27)17-10-14(4-5-16(17)23(19)26)12-28-15-7-9-22(3)11-15/h4-5,10,13,15H,6-9,11-12H2,1-3H3,(H2,20,21,27)/q+1. The Morgan fingerprint density at radius 1 is 1.45 bits per heavy atom. The number of likely N-dealkylation sites (N-methyl/N-ethyl adjacent to an activating group) is 1. The van der Waals surface area contributed by atoms with Crippen LogP contribution >= 0.6 is 0 Å². The summed E-state index contributed by atoms with van der Waals surface area (Å²) in [5.74, 6) is -0.476. The number of esters is 1. The third kappa shape index (κ3) is 5.42. The van der Waals surface area contributed by atoms with Crippen molar-refractivity contribution in [1.29, 1.82) is 0 Å². The number of carbonyl (C=O) groups excluding carboxylic acids is 1. The van der Waals surface area contributed by atoms with E-state index in [1.165, 1.54) is 0 Å². The van der Waals surface area contributed by atoms with Crippen LogP contribution in [-0.4, -0.2) is 60.1 Å². The molecule has 0 aliphatic carbocycles. The first-order valence-corrected chi connectivity index (χ1v) is 9.74. The number of rotatable bonds is 8. The normalized spacial score (nSPS) is 17.2. The number of hydrogen-bond acceptors (Lipinski definition) is 8. The minimum Gasteiger partial charge on any atom is -0.739 e. The zero-order valence-corrected chi connectivity index (χ0v) is 17.0. The second-order valence-electron chi connectivity index (χ2n) is 7.53. The van der Waals surface area contributed by atoms with Crippen molar-refractivity contribution < 1.29 is 29.1 Å². The van der Waals surface area contributed by atoms with Gasteiger partial charge in [0.1, 0.15) is 0 Å². The maximum Gasteiger partial charge on any atom is 0.464 e. The Hall–Kier alpha value is -2.72. The van der Waals surface area contributed by atoms with E-state index in [-0.39, 0.29) is 48.1 Å². The smallest absolute Gasteiger partial charge is 0.464 e. The molecule has 1 unspecified atom stereocenters. The van der Waals surface area contributed by atoms with Gasteiger partial charge in [-0.05, 0) is 38.9 Å². The molecule has 3 rings (SSSR count). The van der Waals surface area contributed by atoms with Crippen molar-refractivity contribution in [2.75, 3.05) is 32.0 Å². The third-order valence-corrected chi connectivity index (χ3v) is 4.67. The summed E-state index contributed by atoms with van der Waals surface area (Å²) in [6.45, 7) is 6.00. The largest absolute Gasteiger partial charge is 0.739 e. The molecule has 29 heavy (non-hydrogen) atoms. The lowest BCUT2D eigenvalue weighted by molar-refractivity contribution is -0.933. The molecular weight excluding hydrogens is 378 g/mol. The SMILES string of the molecule is CC(C)OC(=O)CCNc1n[n+](O)c2cc(COC3CCN(C)C3)ccc2[n+]1[O-]. The summed E-state index contributed by atoms with van der Waals surface area (Å²) in [5.41, 5.74) is 1.36. The molecule has 1 atom stereocenters. The first kappa shape index (κ1) is 21.0. The number of anilines is 1. The molecule has 0 spiro atoms. The number of carbonyl (C=O) groups is 1. The second-order valence-corrected chi connectivity index (χ2v) is 7.53. The average molecular weight is 406 g/mol. The predicted molar refractivity (Wildman–Crippen MR) is 103 cm³/mol. The van der Waals surface area contributed by atoms with Crippen LogP contribution in [0.5, 0.6) is 0 Å². The van der Waals surface area contributed by atoms with E-state index < -0.39 is 0 Å². The third-order valence-electron chi connectivity index (χ3n) is 4.67. The highest BCUT2D eigenvalue weighted by Crippen LogP contribution is 2.15. The summed E-state index contributed by atoms with van der Waals surface area (Å²) in [5, 5.41) is 29.4. The molecule has 0 saturated carbocycles. The Morgan fingerprint density at radius 2 is 2.24 bits per heavy atom. The van der Waals surface area contributed by atoms with Crippen LogP contribution in [0.25, 0.3) is 11.0 Å². The van der Waals surface area contributed by atoms with Gasteiger partial charge >= 0.3 is 17.4 Å². The van der Waals surface area contributed by atoms with Crippen molar-refractivity contribution in [2.24, 2.45) is 0 Å². The summed E-state index contributed by atoms with van der Waals surface area (Å²) < 4.78 is 11.5. The van der Waals surface area contributed by atoms with Crippen LogP contribution in [0.1, 0.15) is 32.3 Å². The van der Waals surface area contributed by atoms with Gasteiger partial charge < -0.3 is 19.6 Å². The average Bonchev–Trinajstić information content (AvgIpc) is 3.08. The zero-order chi connectivity index (χ0) is 21.0. The molecule has 0 bridgehead atoms. The van der Waals surface area contributed by atoms with Gasteiger partial charge in [-0.1, -0.05) is 6.07 Å². The number of nitrogens with zero attached hydrogens (tertiary/aromatic N) is 4. The van der Waals surface area contributed by atoms with Gasteiger partial charge in [-0.3, -0.25) is 10.1 Å². The van der Waals surface area contributed by atoms with Crippen molar-refractivity contribution in [3.63, 3.8) is 0 Å². The first-order chi connectivity index (χ1) is 13.8. The molecule has 10 nitrogen and oxygen atoms in total. The molecule has 10 heteroatoms. The Labute approximate surface area is 169 Å². The minimum absolute atomic E-state index is 0.0793. The van der Waals surface area contributed by atoms with Crippen LogP contribution in [0, 0.1) is 5.21 Å². The van der Waals surface area contributed by atoms with Gasteiger partial charge in [0.2, 0.25) is 9.94 Å². The fourth-order valence-electron chi connectivity index (χ4n) is 3.24. The van der Waals surface area contributed by atoms with Crippen LogP contribution in [0.2, 0.25) is 0 Å². The van der Waals surface area contributed by atoms with Gasteiger partial charge in [0.05, 0.1) is 31.8 Å². The highest BCUT2D eigenvalue weighted by atomic mass is 16.5. The molecule has 1 saturated heterocycles. The van der Waals surface area contributed by atoms with Gasteiger partial charge in [0.15, 0.2) is 5.52 Å². The van der Waals surface area contributed by atoms with Gasteiger partial charge in [0, 0.05) is 19.2 Å². The molecule has 1 fully saturated rings. The lowest BCUT2D eigenvalue weighted by Crippen LogP contribution is -2.46. The number of ether oxygens (including phenoxy) is 2. The van der Waals surface area contributed by atoms with E-state index in [1.54, 1.807) is 32.0 Å². The first-order valence-electron chi connectivity index (χ1n) is 9.74. The molecular formula is C19H28N5O5+. The monoisotopic (exact) mass is 406 g/mol. The van der Waals surface area contributed by atoms with Crippen LogP contribution in [-0.2, 0) is 20.9 Å². The Morgan fingerprint density at radius 3 is 2.93 bits per heavy atom. The fraction of sp³-hybridized carbons (Fsp3) is 0.579. The number of hydrogen-bond donors (Lipinski definition) is 2. The van der Waals surface area contributed by atoms with E-state index in [4.69, 9.17) is 9.47 Å². The lowest BCUT2D eigenvalue weighted by Gasteiger charge is -2.12. The summed E-state index contributed by atoms with van der Waals surface area (Å²) in [6.07, 6.45) is 1.06. The van der Waals surface area contributed by atoms with Crippen molar-refractivity contribution >= 4 is 23.0 Å². The molecule has 1 aliphatic rings. The van der Waals surface area contributed by atoms with Crippen LogP contribution in [0.4, 0.5) is 5.95 Å². The molecule has 1 aromatic heterocycles. The van der Waals surface area contributed by atoms with Crippen LogP contribution in [0.3, 0.4) is 0 Å². The van der Waals surface area contributed by atoms with Gasteiger partial charge in [-0.15, -0.1) is 0 Å². The van der Waals surface area contributed by atoms with Gasteiger partial charge in [-0.2, -0.15) is 0 Å². The number of likely N-dealkylation sites (tertiary alicyclic amines) is 1. The second kappa shape index (κ2) is 9.19. The summed E-state index contributed by atoms with van der Waals surface area (Å²) in [7, 11) is 2.06. The highest BCUT2D eigenvalue weighted by molar-refractivity contribution is 5.70. The number of benzene rings is 1. The fourth-order valence-corrected chi connectivity index (χ4v) is 3.24. The molecule has 0 radical (unpaired) electrons. The molecule has 1 aromatic carbocycles. The minimum atomic E-state index is -0.374. The Bertz CT molecular complexity index is 876. The molecule has 2 aromatic rings. The number of fused-ring (bicyclic) bond motifs is 1. The number of nitrogens with one attached hydrogen (secondary N) is 1. The zero-order valence-electron chi connectivity index (χ0n) is 17.0. The topological polar surface area (TPSA) is 115 Å². The maximum atomic E-state index is 12.6. The number of aromatic nitrogens is 3. The van der Waals surface area contributed by atoms with E-state index in [9.17, 15) is 15.2 Å². The van der Waals surface area contributed by atoms with Gasteiger partial charge in [0.25, 0.3) is 0 Å². The van der Waals surface area contributed by atoms with Crippen LogP contribution in [0.15, 0.2) is 18.2 Å². The quantitative estimate of drug-likeness (QED) is 0.280. The highest BCUT2D eigenvalue weighted by Gasteiger charge is 2.25. The summed E-state index contributed by atoms with van der Waals surface area (Å²) >= 11 is 0. The molecule has 1 aliphatic heterocycles. The van der Waals surface area contributed by atoms with Crippen LogP contribution < -0.4 is 14.9 Å². The molecule has 0 amide bonds. The Kier molecular flexibility index (Phi) is 6.65. The summed E-state index contributed by atoms with van der Waals surface area (Å²) in [6, 6.07) is 5.09. The van der Waals surface area contributed by atoms with Gasteiger partial charge in [-0.25, -0.2) is 9.94 Å². The molecule has 2 N–H and O–H groups in total. The maximum absolute atomic E-state index is 12.6. The van der Waals surface area contributed by atoms with Crippen molar-refractivity contribution in [2.45, 2.75) is 45.5 Å². The van der Waals surface area contributed by atoms with E-state index in [2.05, 4.69) is 22.4 Å².